The van der Waals surface area contributed by atoms with Crippen LogP contribution in [0.2, 0.25) is 5.02 Å². The Balaban J connectivity index is 1.15. The molecule has 0 radical (unpaired) electrons. The SMILES string of the molecule is O=C1Nc2ccccc2C12CCN(CCN1CCN(c3ccccc3Cl)CC1)C2. The minimum absolute atomic E-state index is 0.176. The summed E-state index contributed by atoms with van der Waals surface area (Å²) >= 11 is 6.35. The highest BCUT2D eigenvalue weighted by molar-refractivity contribution is 6.33. The summed E-state index contributed by atoms with van der Waals surface area (Å²) in [5, 5.41) is 3.92. The molecule has 3 aliphatic heterocycles. The van der Waals surface area contributed by atoms with Gasteiger partial charge in [-0.1, -0.05) is 41.9 Å². The molecule has 1 atom stereocenters. The third kappa shape index (κ3) is 3.41. The van der Waals surface area contributed by atoms with Gasteiger partial charge >= 0.3 is 0 Å². The van der Waals surface area contributed by atoms with E-state index in [-0.39, 0.29) is 11.3 Å². The van der Waals surface area contributed by atoms with Gasteiger partial charge in [-0.05, 0) is 36.7 Å². The van der Waals surface area contributed by atoms with Gasteiger partial charge in [0.15, 0.2) is 0 Å². The van der Waals surface area contributed by atoms with Gasteiger partial charge in [-0.2, -0.15) is 0 Å². The Kier molecular flexibility index (Phi) is 4.98. The summed E-state index contributed by atoms with van der Waals surface area (Å²) in [5.74, 6) is 0.176. The van der Waals surface area contributed by atoms with E-state index in [1.807, 2.05) is 36.4 Å². The molecule has 5 rings (SSSR count). The molecule has 1 unspecified atom stereocenters. The molecule has 3 aliphatic rings. The minimum Gasteiger partial charge on any atom is -0.368 e. The molecule has 1 amide bonds. The Bertz CT molecular complexity index is 911. The molecule has 152 valence electrons. The first-order valence-corrected chi connectivity index (χ1v) is 10.9. The van der Waals surface area contributed by atoms with E-state index in [2.05, 4.69) is 32.1 Å². The second-order valence-corrected chi connectivity index (χ2v) is 8.80. The molecule has 3 heterocycles. The third-order valence-corrected chi connectivity index (χ3v) is 7.09. The first-order chi connectivity index (χ1) is 14.2. The van der Waals surface area contributed by atoms with Crippen LogP contribution in [0.25, 0.3) is 0 Å². The fourth-order valence-corrected chi connectivity index (χ4v) is 5.32. The van der Waals surface area contributed by atoms with Gasteiger partial charge in [0, 0.05) is 51.5 Å². The van der Waals surface area contributed by atoms with Gasteiger partial charge in [-0.3, -0.25) is 9.69 Å². The lowest BCUT2D eigenvalue weighted by Crippen LogP contribution is -2.48. The monoisotopic (exact) mass is 410 g/mol. The van der Waals surface area contributed by atoms with E-state index in [9.17, 15) is 4.79 Å². The number of nitrogens with zero attached hydrogens (tertiary/aromatic N) is 3. The number of benzene rings is 2. The molecular formula is C23H27ClN4O. The number of likely N-dealkylation sites (tertiary alicyclic amines) is 1. The van der Waals surface area contributed by atoms with Gasteiger partial charge in [0.2, 0.25) is 5.91 Å². The zero-order valence-corrected chi connectivity index (χ0v) is 17.4. The number of halogens is 1. The highest BCUT2D eigenvalue weighted by Gasteiger charge is 2.50. The number of carbonyl (C=O) groups is 1. The minimum atomic E-state index is -0.348. The summed E-state index contributed by atoms with van der Waals surface area (Å²) < 4.78 is 0. The number of para-hydroxylation sites is 2. The van der Waals surface area contributed by atoms with Gasteiger partial charge in [0.1, 0.15) is 0 Å². The number of hydrogen-bond donors (Lipinski definition) is 1. The van der Waals surface area contributed by atoms with E-state index >= 15 is 0 Å². The smallest absolute Gasteiger partial charge is 0.236 e. The molecule has 0 bridgehead atoms. The normalized spacial score (nSPS) is 24.9. The standard InChI is InChI=1S/C23H27ClN4O/c24-19-6-2-4-8-21(19)28-15-13-26(14-16-28)11-12-27-10-9-23(17-27)18-5-1-3-7-20(18)25-22(23)29/h1-8H,9-17H2,(H,25,29). The van der Waals surface area contributed by atoms with Gasteiger partial charge < -0.3 is 15.1 Å². The lowest BCUT2D eigenvalue weighted by molar-refractivity contribution is -0.120. The van der Waals surface area contributed by atoms with Crippen molar-refractivity contribution in [2.24, 2.45) is 0 Å². The van der Waals surface area contributed by atoms with Crippen LogP contribution in [0.15, 0.2) is 48.5 Å². The van der Waals surface area contributed by atoms with Crippen LogP contribution in [-0.4, -0.2) is 68.1 Å². The van der Waals surface area contributed by atoms with Crippen molar-refractivity contribution < 1.29 is 4.79 Å². The average molecular weight is 411 g/mol. The first kappa shape index (κ1) is 18.9. The highest BCUT2D eigenvalue weighted by Crippen LogP contribution is 2.43. The van der Waals surface area contributed by atoms with Crippen molar-refractivity contribution in [3.63, 3.8) is 0 Å². The van der Waals surface area contributed by atoms with Crippen LogP contribution in [0.3, 0.4) is 0 Å². The van der Waals surface area contributed by atoms with Crippen LogP contribution in [0, 0.1) is 0 Å². The quantitative estimate of drug-likeness (QED) is 0.840. The Labute approximate surface area is 177 Å². The molecule has 6 heteroatoms. The van der Waals surface area contributed by atoms with E-state index in [1.165, 1.54) is 5.56 Å². The molecule has 0 saturated carbocycles. The Hall–Kier alpha value is -2.08. The lowest BCUT2D eigenvalue weighted by atomic mass is 9.81. The summed E-state index contributed by atoms with van der Waals surface area (Å²) in [7, 11) is 0. The number of carbonyl (C=O) groups excluding carboxylic acids is 1. The number of rotatable bonds is 4. The molecule has 2 fully saturated rings. The fraction of sp³-hybridized carbons (Fsp3) is 0.435. The summed E-state index contributed by atoms with van der Waals surface area (Å²) in [6, 6.07) is 16.3. The second-order valence-electron chi connectivity index (χ2n) is 8.39. The van der Waals surface area contributed by atoms with E-state index in [4.69, 9.17) is 11.6 Å². The molecule has 0 aliphatic carbocycles. The first-order valence-electron chi connectivity index (χ1n) is 10.5. The molecule has 2 aromatic carbocycles. The van der Waals surface area contributed by atoms with Crippen molar-refractivity contribution in [1.82, 2.24) is 9.80 Å². The molecule has 5 nitrogen and oxygen atoms in total. The summed E-state index contributed by atoms with van der Waals surface area (Å²) in [5.41, 5.74) is 2.97. The highest BCUT2D eigenvalue weighted by atomic mass is 35.5. The number of amides is 1. The molecule has 29 heavy (non-hydrogen) atoms. The Morgan fingerprint density at radius 1 is 0.897 bits per heavy atom. The largest absolute Gasteiger partial charge is 0.368 e. The Morgan fingerprint density at radius 2 is 1.62 bits per heavy atom. The van der Waals surface area contributed by atoms with Crippen LogP contribution in [-0.2, 0) is 10.2 Å². The Morgan fingerprint density at radius 3 is 2.45 bits per heavy atom. The number of nitrogens with one attached hydrogen (secondary N) is 1. The molecule has 1 spiro atoms. The van der Waals surface area contributed by atoms with Crippen molar-refractivity contribution in [3.05, 3.63) is 59.1 Å². The molecule has 2 aromatic rings. The number of anilines is 2. The average Bonchev–Trinajstić information content (AvgIpc) is 3.30. The van der Waals surface area contributed by atoms with Crippen molar-refractivity contribution in [3.8, 4) is 0 Å². The zero-order chi connectivity index (χ0) is 19.8. The van der Waals surface area contributed by atoms with E-state index in [0.29, 0.717) is 0 Å². The molecule has 2 saturated heterocycles. The van der Waals surface area contributed by atoms with Gasteiger partial charge in [-0.25, -0.2) is 0 Å². The fourth-order valence-electron chi connectivity index (χ4n) is 5.06. The maximum Gasteiger partial charge on any atom is 0.236 e. The summed E-state index contributed by atoms with van der Waals surface area (Å²) in [6.45, 7) is 7.99. The number of fused-ring (bicyclic) bond motifs is 2. The second kappa shape index (κ2) is 7.63. The van der Waals surface area contributed by atoms with E-state index in [0.717, 1.165) is 75.2 Å². The molecule has 1 N–H and O–H groups in total. The van der Waals surface area contributed by atoms with E-state index in [1.54, 1.807) is 0 Å². The lowest BCUT2D eigenvalue weighted by Gasteiger charge is -2.37. The van der Waals surface area contributed by atoms with Crippen LogP contribution in [0.5, 0.6) is 0 Å². The number of piperazine rings is 1. The van der Waals surface area contributed by atoms with Gasteiger partial charge in [-0.15, -0.1) is 0 Å². The zero-order valence-electron chi connectivity index (χ0n) is 16.6. The van der Waals surface area contributed by atoms with Crippen molar-refractivity contribution in [2.75, 3.05) is 62.6 Å². The van der Waals surface area contributed by atoms with Gasteiger partial charge in [0.05, 0.1) is 16.1 Å². The predicted octanol–water partition coefficient (Wildman–Crippen LogP) is 3.06. The maximum atomic E-state index is 12.7. The van der Waals surface area contributed by atoms with Crippen molar-refractivity contribution >= 4 is 28.9 Å². The van der Waals surface area contributed by atoms with Crippen LogP contribution < -0.4 is 10.2 Å². The number of hydrogen-bond acceptors (Lipinski definition) is 4. The maximum absolute atomic E-state index is 12.7. The summed E-state index contributed by atoms with van der Waals surface area (Å²) in [6.07, 6.45) is 0.913. The van der Waals surface area contributed by atoms with E-state index < -0.39 is 0 Å². The molecule has 0 aromatic heterocycles. The third-order valence-electron chi connectivity index (χ3n) is 6.77. The van der Waals surface area contributed by atoms with Crippen LogP contribution >= 0.6 is 11.6 Å². The summed E-state index contributed by atoms with van der Waals surface area (Å²) in [4.78, 5) is 20.1. The predicted molar refractivity (Wildman–Crippen MR) is 118 cm³/mol. The van der Waals surface area contributed by atoms with Gasteiger partial charge in [0.25, 0.3) is 0 Å². The topological polar surface area (TPSA) is 38.8 Å². The van der Waals surface area contributed by atoms with Crippen LogP contribution in [0.1, 0.15) is 12.0 Å². The van der Waals surface area contributed by atoms with Crippen molar-refractivity contribution in [1.29, 1.82) is 0 Å². The van der Waals surface area contributed by atoms with Crippen LogP contribution in [0.4, 0.5) is 11.4 Å². The van der Waals surface area contributed by atoms with Crippen molar-refractivity contribution in [2.45, 2.75) is 11.8 Å². The molecular weight excluding hydrogens is 384 g/mol.